The number of hydrogen-bond acceptors (Lipinski definition) is 5. The second-order valence-electron chi connectivity index (χ2n) is 5.25. The fourth-order valence-electron chi connectivity index (χ4n) is 2.73. The number of benzene rings is 1. The Labute approximate surface area is 117 Å². The Morgan fingerprint density at radius 2 is 2.35 bits per heavy atom. The molecular weight excluding hydrogens is 256 g/mol. The smallest absolute Gasteiger partial charge is 0.310 e. The van der Waals surface area contributed by atoms with Gasteiger partial charge in [-0.3, -0.25) is 10.1 Å². The molecule has 2 rings (SSSR count). The van der Waals surface area contributed by atoms with E-state index in [1.165, 1.54) is 6.07 Å². The molecule has 1 saturated heterocycles. The zero-order chi connectivity index (χ0) is 14.7. The molecule has 6 nitrogen and oxygen atoms in total. The Hall–Kier alpha value is -2.13. The largest absolute Gasteiger partial charge is 0.366 e. The van der Waals surface area contributed by atoms with Gasteiger partial charge in [0.05, 0.1) is 4.92 Å². The first-order chi connectivity index (χ1) is 9.54. The number of hydrogen-bond donors (Lipinski definition) is 1. The van der Waals surface area contributed by atoms with Gasteiger partial charge in [0.2, 0.25) is 0 Å². The highest BCUT2D eigenvalue weighted by atomic mass is 16.6. The van der Waals surface area contributed by atoms with E-state index in [9.17, 15) is 10.1 Å². The standard InChI is InChI=1S/C14H18N4O2/c1-10(16)12-5-3-7-17(9-12)13-6-2-4-11(8-15)14(13)18(19)20/h2,4,6,10,12H,3,5,7,9,16H2,1H3. The number of piperidine rings is 1. The Morgan fingerprint density at radius 1 is 1.60 bits per heavy atom. The molecule has 1 aliphatic rings. The van der Waals surface area contributed by atoms with Gasteiger partial charge in [0.1, 0.15) is 17.3 Å². The first kappa shape index (κ1) is 14.3. The first-order valence-electron chi connectivity index (χ1n) is 6.72. The number of nitriles is 1. The van der Waals surface area contributed by atoms with Crippen LogP contribution in [0, 0.1) is 27.4 Å². The Balaban J connectivity index is 2.37. The summed E-state index contributed by atoms with van der Waals surface area (Å²) in [5.41, 5.74) is 6.49. The summed E-state index contributed by atoms with van der Waals surface area (Å²) in [6.07, 6.45) is 2.00. The van der Waals surface area contributed by atoms with Crippen LogP contribution in [0.25, 0.3) is 0 Å². The van der Waals surface area contributed by atoms with Gasteiger partial charge in [-0.1, -0.05) is 6.07 Å². The number of nitro groups is 1. The number of nitrogens with two attached hydrogens (primary N) is 1. The van der Waals surface area contributed by atoms with Gasteiger partial charge >= 0.3 is 5.69 Å². The normalized spacial score (nSPS) is 20.2. The van der Waals surface area contributed by atoms with Gasteiger partial charge < -0.3 is 10.6 Å². The molecule has 20 heavy (non-hydrogen) atoms. The maximum absolute atomic E-state index is 11.3. The monoisotopic (exact) mass is 274 g/mol. The Bertz CT molecular complexity index is 551. The topological polar surface area (TPSA) is 96.2 Å². The van der Waals surface area contributed by atoms with Crippen molar-refractivity contribution in [2.75, 3.05) is 18.0 Å². The number of nitro benzene ring substituents is 1. The molecular formula is C14H18N4O2. The van der Waals surface area contributed by atoms with Crippen LogP contribution in [0.5, 0.6) is 0 Å². The summed E-state index contributed by atoms with van der Waals surface area (Å²) in [6, 6.07) is 6.85. The van der Waals surface area contributed by atoms with Crippen molar-refractivity contribution in [3.63, 3.8) is 0 Å². The van der Waals surface area contributed by atoms with Crippen molar-refractivity contribution >= 4 is 11.4 Å². The Kier molecular flexibility index (Phi) is 4.20. The molecule has 2 atom stereocenters. The second-order valence-corrected chi connectivity index (χ2v) is 5.25. The lowest BCUT2D eigenvalue weighted by Crippen LogP contribution is -2.42. The summed E-state index contributed by atoms with van der Waals surface area (Å²) in [6.45, 7) is 3.43. The molecule has 1 aliphatic heterocycles. The Morgan fingerprint density at radius 3 is 2.95 bits per heavy atom. The zero-order valence-corrected chi connectivity index (χ0v) is 11.5. The third kappa shape index (κ3) is 2.73. The van der Waals surface area contributed by atoms with Gasteiger partial charge in [-0.25, -0.2) is 0 Å². The van der Waals surface area contributed by atoms with E-state index < -0.39 is 4.92 Å². The van der Waals surface area contributed by atoms with Gasteiger partial charge in [-0.2, -0.15) is 5.26 Å². The van der Waals surface area contributed by atoms with Crippen LogP contribution in [-0.2, 0) is 0 Å². The van der Waals surface area contributed by atoms with Crippen molar-refractivity contribution in [3.8, 4) is 6.07 Å². The highest BCUT2D eigenvalue weighted by Gasteiger charge is 2.28. The van der Waals surface area contributed by atoms with E-state index in [0.29, 0.717) is 18.2 Å². The van der Waals surface area contributed by atoms with Crippen LogP contribution < -0.4 is 10.6 Å². The second kappa shape index (κ2) is 5.88. The number of para-hydroxylation sites is 1. The number of rotatable bonds is 3. The average molecular weight is 274 g/mol. The van der Waals surface area contributed by atoms with E-state index in [4.69, 9.17) is 11.0 Å². The third-order valence-electron chi connectivity index (χ3n) is 3.86. The molecule has 1 fully saturated rings. The molecule has 0 saturated carbocycles. The van der Waals surface area contributed by atoms with Crippen molar-refractivity contribution in [3.05, 3.63) is 33.9 Å². The van der Waals surface area contributed by atoms with Crippen LogP contribution in [0.15, 0.2) is 18.2 Å². The van der Waals surface area contributed by atoms with E-state index in [0.717, 1.165) is 19.4 Å². The molecule has 2 unspecified atom stereocenters. The molecule has 6 heteroatoms. The molecule has 0 amide bonds. The maximum atomic E-state index is 11.3. The third-order valence-corrected chi connectivity index (χ3v) is 3.86. The number of nitrogens with zero attached hydrogens (tertiary/aromatic N) is 3. The summed E-state index contributed by atoms with van der Waals surface area (Å²) >= 11 is 0. The first-order valence-corrected chi connectivity index (χ1v) is 6.72. The lowest BCUT2D eigenvalue weighted by atomic mass is 9.91. The van der Waals surface area contributed by atoms with Crippen molar-refractivity contribution in [2.45, 2.75) is 25.8 Å². The molecule has 0 aliphatic carbocycles. The van der Waals surface area contributed by atoms with Gasteiger partial charge in [-0.15, -0.1) is 0 Å². The molecule has 1 aromatic carbocycles. The van der Waals surface area contributed by atoms with E-state index in [1.807, 2.05) is 17.9 Å². The maximum Gasteiger partial charge on any atom is 0.310 e. The van der Waals surface area contributed by atoms with Gasteiger partial charge in [0.15, 0.2) is 0 Å². The highest BCUT2D eigenvalue weighted by Crippen LogP contribution is 2.34. The van der Waals surface area contributed by atoms with Crippen molar-refractivity contribution in [1.82, 2.24) is 0 Å². The minimum Gasteiger partial charge on any atom is -0.366 e. The predicted molar refractivity (Wildman–Crippen MR) is 76.4 cm³/mol. The molecule has 1 heterocycles. The van der Waals surface area contributed by atoms with Crippen LogP contribution in [0.1, 0.15) is 25.3 Å². The zero-order valence-electron chi connectivity index (χ0n) is 11.5. The summed E-state index contributed by atoms with van der Waals surface area (Å²) in [5, 5.41) is 20.3. The molecule has 0 radical (unpaired) electrons. The van der Waals surface area contributed by atoms with Gasteiger partial charge in [0.25, 0.3) is 0 Å². The molecule has 1 aromatic rings. The van der Waals surface area contributed by atoms with Crippen molar-refractivity contribution < 1.29 is 4.92 Å². The fourth-order valence-corrected chi connectivity index (χ4v) is 2.73. The number of anilines is 1. The van der Waals surface area contributed by atoms with Crippen LogP contribution in [-0.4, -0.2) is 24.1 Å². The van der Waals surface area contributed by atoms with Crippen LogP contribution >= 0.6 is 0 Å². The van der Waals surface area contributed by atoms with E-state index in [2.05, 4.69) is 0 Å². The average Bonchev–Trinajstić information content (AvgIpc) is 2.46. The summed E-state index contributed by atoms with van der Waals surface area (Å²) in [4.78, 5) is 12.8. The van der Waals surface area contributed by atoms with Crippen LogP contribution in [0.3, 0.4) is 0 Å². The molecule has 0 bridgehead atoms. The van der Waals surface area contributed by atoms with Crippen molar-refractivity contribution in [1.29, 1.82) is 5.26 Å². The van der Waals surface area contributed by atoms with E-state index >= 15 is 0 Å². The molecule has 0 spiro atoms. The van der Waals surface area contributed by atoms with Crippen LogP contribution in [0.4, 0.5) is 11.4 Å². The van der Waals surface area contributed by atoms with E-state index in [-0.39, 0.29) is 17.3 Å². The summed E-state index contributed by atoms with van der Waals surface area (Å²) in [5.74, 6) is 0.328. The summed E-state index contributed by atoms with van der Waals surface area (Å²) < 4.78 is 0. The fraction of sp³-hybridized carbons (Fsp3) is 0.500. The van der Waals surface area contributed by atoms with E-state index in [1.54, 1.807) is 12.1 Å². The minimum absolute atomic E-state index is 0.0657. The van der Waals surface area contributed by atoms with Crippen LogP contribution in [0.2, 0.25) is 0 Å². The quantitative estimate of drug-likeness (QED) is 0.672. The molecule has 0 aromatic heterocycles. The predicted octanol–water partition coefficient (Wildman–Crippen LogP) is 2.03. The molecule has 106 valence electrons. The van der Waals surface area contributed by atoms with Gasteiger partial charge in [-0.05, 0) is 37.8 Å². The summed E-state index contributed by atoms with van der Waals surface area (Å²) in [7, 11) is 0. The lowest BCUT2D eigenvalue weighted by Gasteiger charge is -2.35. The molecule has 2 N–H and O–H groups in total. The van der Waals surface area contributed by atoms with Crippen molar-refractivity contribution in [2.24, 2.45) is 11.7 Å². The lowest BCUT2D eigenvalue weighted by molar-refractivity contribution is -0.384. The minimum atomic E-state index is -0.469. The SMILES string of the molecule is CC(N)C1CCCN(c2cccc(C#N)c2[N+](=O)[O-])C1. The van der Waals surface area contributed by atoms with Gasteiger partial charge in [0, 0.05) is 19.1 Å². The highest BCUT2D eigenvalue weighted by molar-refractivity contribution is 5.70.